The van der Waals surface area contributed by atoms with Gasteiger partial charge in [-0.3, -0.25) is 9.59 Å². The summed E-state index contributed by atoms with van der Waals surface area (Å²) in [5.74, 6) is -0.666. The minimum atomic E-state index is -0.784. The summed E-state index contributed by atoms with van der Waals surface area (Å²) in [6.07, 6.45) is 7.48. The van der Waals surface area contributed by atoms with Gasteiger partial charge >= 0.3 is 5.97 Å². The quantitative estimate of drug-likeness (QED) is 0.335. The van der Waals surface area contributed by atoms with Crippen LogP contribution in [0.1, 0.15) is 37.7 Å². The molecule has 1 aliphatic heterocycles. The Bertz CT molecular complexity index is 678. The molecule has 6 nitrogen and oxygen atoms in total. The van der Waals surface area contributed by atoms with E-state index in [0.717, 1.165) is 12.8 Å². The number of rotatable bonds is 11. The number of carboxylic acid groups (broad SMARTS) is 1. The Morgan fingerprint density at radius 2 is 2.11 bits per heavy atom. The third-order valence-electron chi connectivity index (χ3n) is 4.62. The van der Waals surface area contributed by atoms with E-state index < -0.39 is 5.97 Å². The number of hydrogen-bond acceptors (Lipinski definition) is 4. The largest absolute Gasteiger partial charge is 0.481 e. The molecule has 1 aromatic carbocycles. The molecule has 1 fully saturated rings. The number of allylic oxidation sites excluding steroid dienone is 1. The van der Waals surface area contributed by atoms with Crippen LogP contribution in [0.5, 0.6) is 0 Å². The minimum Gasteiger partial charge on any atom is -0.481 e. The second kappa shape index (κ2) is 12.1. The highest BCUT2D eigenvalue weighted by molar-refractivity contribution is 7.80. The minimum absolute atomic E-state index is 0.0186. The number of benzene rings is 1. The summed E-state index contributed by atoms with van der Waals surface area (Å²) in [6, 6.07) is 10.2. The molecule has 28 heavy (non-hydrogen) atoms. The van der Waals surface area contributed by atoms with Crippen molar-refractivity contribution < 1.29 is 19.4 Å². The fourth-order valence-corrected chi connectivity index (χ4v) is 3.24. The van der Waals surface area contributed by atoms with Crippen molar-refractivity contribution >= 4 is 29.3 Å². The van der Waals surface area contributed by atoms with Crippen LogP contribution in [0.25, 0.3) is 0 Å². The third kappa shape index (κ3) is 8.08. The first-order chi connectivity index (χ1) is 13.6. The van der Waals surface area contributed by atoms with Gasteiger partial charge < -0.3 is 20.1 Å². The maximum Gasteiger partial charge on any atom is 0.303 e. The number of aliphatic carboxylic acids is 1. The number of thiocarbonyl (C=S) groups is 1. The SMILES string of the molecule is O=C(O)CCCC=CCN1C(=O)CCC1COC(=S)NCCc1ccccc1. The van der Waals surface area contributed by atoms with Gasteiger partial charge in [-0.2, -0.15) is 0 Å². The number of nitrogens with zero attached hydrogens (tertiary/aromatic N) is 1. The molecule has 7 heteroatoms. The summed E-state index contributed by atoms with van der Waals surface area (Å²) in [6.45, 7) is 1.61. The maximum absolute atomic E-state index is 12.1. The van der Waals surface area contributed by atoms with Crippen LogP contribution in [0, 0.1) is 0 Å². The molecule has 1 unspecified atom stereocenters. The van der Waals surface area contributed by atoms with E-state index in [1.165, 1.54) is 5.56 Å². The second-order valence-corrected chi connectivity index (χ2v) is 7.13. The van der Waals surface area contributed by atoms with Crippen molar-refractivity contribution in [1.29, 1.82) is 0 Å². The van der Waals surface area contributed by atoms with Gasteiger partial charge in [-0.05, 0) is 43.5 Å². The Labute approximate surface area is 171 Å². The Hall–Kier alpha value is -2.41. The Morgan fingerprint density at radius 1 is 1.32 bits per heavy atom. The van der Waals surface area contributed by atoms with Crippen LogP contribution in [0.4, 0.5) is 0 Å². The number of nitrogens with one attached hydrogen (secondary N) is 1. The first-order valence-electron chi connectivity index (χ1n) is 9.67. The number of carboxylic acids is 1. The van der Waals surface area contributed by atoms with Crippen LogP contribution in [-0.2, 0) is 20.7 Å². The van der Waals surface area contributed by atoms with Gasteiger partial charge in [-0.25, -0.2) is 0 Å². The van der Waals surface area contributed by atoms with Gasteiger partial charge in [0.15, 0.2) is 0 Å². The first kappa shape index (κ1) is 21.9. The van der Waals surface area contributed by atoms with Crippen molar-refractivity contribution in [1.82, 2.24) is 10.2 Å². The summed E-state index contributed by atoms with van der Waals surface area (Å²) in [4.78, 5) is 24.4. The van der Waals surface area contributed by atoms with Crippen LogP contribution in [-0.4, -0.2) is 52.8 Å². The zero-order valence-electron chi connectivity index (χ0n) is 16.0. The zero-order chi connectivity index (χ0) is 20.2. The lowest BCUT2D eigenvalue weighted by Gasteiger charge is -2.23. The average molecular weight is 405 g/mol. The van der Waals surface area contributed by atoms with Crippen molar-refractivity contribution in [2.45, 2.75) is 44.6 Å². The molecule has 1 atom stereocenters. The van der Waals surface area contributed by atoms with Gasteiger partial charge in [0.1, 0.15) is 6.61 Å². The number of amides is 1. The topological polar surface area (TPSA) is 78.9 Å². The van der Waals surface area contributed by atoms with Gasteiger partial charge in [0.2, 0.25) is 5.91 Å². The van der Waals surface area contributed by atoms with Gasteiger partial charge in [-0.15, -0.1) is 0 Å². The van der Waals surface area contributed by atoms with Crippen LogP contribution >= 0.6 is 12.2 Å². The Kier molecular flexibility index (Phi) is 9.48. The molecule has 1 saturated heterocycles. The van der Waals surface area contributed by atoms with Gasteiger partial charge in [0.05, 0.1) is 6.04 Å². The fraction of sp³-hybridized carbons (Fsp3) is 0.476. The van der Waals surface area contributed by atoms with E-state index in [-0.39, 0.29) is 18.4 Å². The summed E-state index contributed by atoms with van der Waals surface area (Å²) in [5, 5.41) is 12.1. The molecule has 1 aliphatic rings. The Balaban J connectivity index is 1.65. The number of likely N-dealkylation sites (tertiary alicyclic amines) is 1. The van der Waals surface area contributed by atoms with E-state index in [1.807, 2.05) is 30.4 Å². The molecule has 1 heterocycles. The molecule has 152 valence electrons. The van der Waals surface area contributed by atoms with Crippen LogP contribution in [0.15, 0.2) is 42.5 Å². The van der Waals surface area contributed by atoms with Crippen LogP contribution < -0.4 is 5.32 Å². The van der Waals surface area contributed by atoms with E-state index in [2.05, 4.69) is 17.4 Å². The van der Waals surface area contributed by atoms with E-state index in [1.54, 1.807) is 4.90 Å². The first-order valence-corrected chi connectivity index (χ1v) is 10.1. The normalized spacial score (nSPS) is 16.5. The molecule has 0 spiro atoms. The summed E-state index contributed by atoms with van der Waals surface area (Å²) in [7, 11) is 0. The molecule has 0 bridgehead atoms. The standard InChI is InChI=1S/C21H28N2O4S/c24-19-12-11-18(23(19)15-7-2-1-6-10-20(25)26)16-27-21(28)22-14-13-17-8-4-3-5-9-17/h2-5,7-9,18H,1,6,10-16H2,(H,22,28)(H,25,26). The van der Waals surface area contributed by atoms with Crippen molar-refractivity contribution in [2.75, 3.05) is 19.7 Å². The number of ether oxygens (including phenoxy) is 1. The van der Waals surface area contributed by atoms with Crippen molar-refractivity contribution in [3.63, 3.8) is 0 Å². The molecule has 0 aromatic heterocycles. The van der Waals surface area contributed by atoms with Crippen LogP contribution in [0.2, 0.25) is 0 Å². The van der Waals surface area contributed by atoms with Gasteiger partial charge in [-0.1, -0.05) is 42.5 Å². The van der Waals surface area contributed by atoms with Gasteiger partial charge in [0, 0.05) is 25.9 Å². The number of carbonyl (C=O) groups excluding carboxylic acids is 1. The molecule has 1 aromatic rings. The molecular weight excluding hydrogens is 376 g/mol. The predicted octanol–water partition coefficient (Wildman–Crippen LogP) is 2.92. The van der Waals surface area contributed by atoms with E-state index in [4.69, 9.17) is 22.1 Å². The molecule has 0 radical (unpaired) electrons. The lowest BCUT2D eigenvalue weighted by molar-refractivity contribution is -0.137. The van der Waals surface area contributed by atoms with E-state index in [0.29, 0.717) is 44.1 Å². The van der Waals surface area contributed by atoms with Crippen molar-refractivity contribution in [2.24, 2.45) is 0 Å². The number of carbonyl (C=O) groups is 2. The molecule has 2 rings (SSSR count). The molecular formula is C21H28N2O4S. The number of unbranched alkanes of at least 4 members (excludes halogenated alkanes) is 1. The van der Waals surface area contributed by atoms with Crippen LogP contribution in [0.3, 0.4) is 0 Å². The smallest absolute Gasteiger partial charge is 0.303 e. The highest BCUT2D eigenvalue weighted by Crippen LogP contribution is 2.19. The highest BCUT2D eigenvalue weighted by atomic mass is 32.1. The predicted molar refractivity (Wildman–Crippen MR) is 112 cm³/mol. The molecule has 0 saturated carbocycles. The number of hydrogen-bond donors (Lipinski definition) is 2. The lowest BCUT2D eigenvalue weighted by atomic mass is 10.1. The third-order valence-corrected chi connectivity index (χ3v) is 4.88. The Morgan fingerprint density at radius 3 is 2.86 bits per heavy atom. The maximum atomic E-state index is 12.1. The molecule has 0 aliphatic carbocycles. The molecule has 2 N–H and O–H groups in total. The van der Waals surface area contributed by atoms with E-state index in [9.17, 15) is 9.59 Å². The van der Waals surface area contributed by atoms with Gasteiger partial charge in [0.25, 0.3) is 5.17 Å². The highest BCUT2D eigenvalue weighted by Gasteiger charge is 2.30. The second-order valence-electron chi connectivity index (χ2n) is 6.76. The average Bonchev–Trinajstić information content (AvgIpc) is 3.03. The monoisotopic (exact) mass is 404 g/mol. The van der Waals surface area contributed by atoms with Crippen molar-refractivity contribution in [3.8, 4) is 0 Å². The van der Waals surface area contributed by atoms with Crippen molar-refractivity contribution in [3.05, 3.63) is 48.0 Å². The summed E-state index contributed by atoms with van der Waals surface area (Å²) < 4.78 is 5.65. The molecule has 1 amide bonds. The summed E-state index contributed by atoms with van der Waals surface area (Å²) >= 11 is 5.23. The van der Waals surface area contributed by atoms with E-state index >= 15 is 0 Å². The zero-order valence-corrected chi connectivity index (χ0v) is 16.8. The fourth-order valence-electron chi connectivity index (χ4n) is 3.07. The summed E-state index contributed by atoms with van der Waals surface area (Å²) in [5.41, 5.74) is 1.24. The lowest BCUT2D eigenvalue weighted by Crippen LogP contribution is -2.38.